The van der Waals surface area contributed by atoms with Crippen molar-refractivity contribution >= 4 is 29.3 Å². The third-order valence-corrected chi connectivity index (χ3v) is 12.4. The molecule has 2 atom stereocenters. The maximum atomic E-state index is 13.2. The molecular formula is C39H51BN4O8S. The van der Waals surface area contributed by atoms with E-state index >= 15 is 0 Å². The predicted molar refractivity (Wildman–Crippen MR) is 204 cm³/mol. The lowest BCUT2D eigenvalue weighted by Gasteiger charge is -2.42. The number of aromatic nitrogens is 3. The van der Waals surface area contributed by atoms with Crippen LogP contribution in [0.25, 0.3) is 0 Å². The van der Waals surface area contributed by atoms with E-state index < -0.39 is 46.6 Å². The van der Waals surface area contributed by atoms with Gasteiger partial charge in [-0.2, -0.15) is 4.31 Å². The summed E-state index contributed by atoms with van der Waals surface area (Å²) in [5.41, 5.74) is 3.13. The zero-order valence-electron chi connectivity index (χ0n) is 32.0. The van der Waals surface area contributed by atoms with Crippen molar-refractivity contribution in [2.75, 3.05) is 13.7 Å². The average Bonchev–Trinajstić information content (AvgIpc) is 3.61. The molecule has 2 unspecified atom stereocenters. The Morgan fingerprint density at radius 3 is 2.47 bits per heavy atom. The Balaban J connectivity index is 1.20. The number of para-hydroxylation sites is 1. The van der Waals surface area contributed by atoms with Crippen LogP contribution in [0.1, 0.15) is 82.5 Å². The van der Waals surface area contributed by atoms with Gasteiger partial charge in [0.1, 0.15) is 22.4 Å². The highest BCUT2D eigenvalue weighted by molar-refractivity contribution is 8.22. The quantitative estimate of drug-likeness (QED) is 0.125. The number of carbonyl (C=O) groups excluding carboxylic acids is 1. The molecule has 0 spiro atoms. The van der Waals surface area contributed by atoms with Gasteiger partial charge in [0.25, 0.3) is 0 Å². The Morgan fingerprint density at radius 2 is 1.75 bits per heavy atom. The van der Waals surface area contributed by atoms with Crippen LogP contribution in [0, 0.1) is 12.3 Å². The smallest absolute Gasteiger partial charge is 0.487 e. The number of nitrogens with zero attached hydrogens (tertiary/aromatic N) is 4. The minimum Gasteiger partial charge on any atom is -0.487 e. The summed E-state index contributed by atoms with van der Waals surface area (Å²) < 4.78 is 56.8. The molecule has 1 aromatic heterocycles. The molecule has 0 saturated carbocycles. The minimum absolute atomic E-state index is 0.0839. The van der Waals surface area contributed by atoms with Gasteiger partial charge in [-0.15, -0.1) is 15.9 Å². The number of hydrogen-bond acceptors (Lipinski definition) is 11. The van der Waals surface area contributed by atoms with Crippen molar-refractivity contribution in [1.29, 1.82) is 0 Å². The van der Waals surface area contributed by atoms with Crippen LogP contribution < -0.4 is 10.2 Å². The number of aryl methyl sites for hydroxylation is 1. The first-order valence-electron chi connectivity index (χ1n) is 17.8. The number of benzene rings is 3. The van der Waals surface area contributed by atoms with Crippen molar-refractivity contribution in [3.05, 3.63) is 101 Å². The van der Waals surface area contributed by atoms with Crippen molar-refractivity contribution in [1.82, 2.24) is 19.3 Å². The van der Waals surface area contributed by atoms with Gasteiger partial charge in [-0.1, -0.05) is 59.8 Å². The third kappa shape index (κ3) is 8.05. The Bertz CT molecular complexity index is 1930. The lowest BCUT2D eigenvalue weighted by atomic mass is 9.78. The monoisotopic (exact) mass is 746 g/mol. The molecule has 3 heterocycles. The lowest BCUT2D eigenvalue weighted by Crippen LogP contribution is -2.41. The van der Waals surface area contributed by atoms with E-state index in [1.54, 1.807) is 41.0 Å². The molecule has 6 rings (SSSR count). The number of carbonyl (C=O) groups is 1. The zero-order chi connectivity index (χ0) is 38.3. The van der Waals surface area contributed by atoms with Gasteiger partial charge < -0.3 is 23.5 Å². The minimum atomic E-state index is -3.36. The average molecular weight is 747 g/mol. The van der Waals surface area contributed by atoms with Crippen molar-refractivity contribution in [2.45, 2.75) is 103 Å². The van der Waals surface area contributed by atoms with Crippen LogP contribution in [0.2, 0.25) is 0 Å². The van der Waals surface area contributed by atoms with E-state index in [1.165, 1.54) is 7.11 Å². The normalized spacial score (nSPS) is 20.6. The van der Waals surface area contributed by atoms with E-state index in [4.69, 9.17) is 23.5 Å². The molecule has 1 fully saturated rings. The number of rotatable bonds is 11. The molecular weight excluding hydrogens is 695 g/mol. The Labute approximate surface area is 314 Å². The molecule has 3 aromatic carbocycles. The highest BCUT2D eigenvalue weighted by Crippen LogP contribution is 2.57. The first-order valence-corrected chi connectivity index (χ1v) is 19.3. The number of fused-ring (bicyclic) bond motifs is 1. The summed E-state index contributed by atoms with van der Waals surface area (Å²) in [6, 6.07) is 20.9. The van der Waals surface area contributed by atoms with Crippen LogP contribution in [0.15, 0.2) is 77.8 Å². The maximum absolute atomic E-state index is 13.2. The molecule has 0 aliphatic carbocycles. The second-order valence-electron chi connectivity index (χ2n) is 15.5. The molecule has 2 N–H and O–H groups in total. The Morgan fingerprint density at radius 1 is 1.04 bits per heavy atom. The molecule has 0 bridgehead atoms. The topological polar surface area (TPSA) is 138 Å². The Hall–Kier alpha value is -3.76. The zero-order valence-corrected chi connectivity index (χ0v) is 32.8. The second-order valence-corrected chi connectivity index (χ2v) is 17.5. The van der Waals surface area contributed by atoms with E-state index in [1.807, 2.05) is 90.2 Å². The van der Waals surface area contributed by atoms with Gasteiger partial charge in [0, 0.05) is 6.54 Å². The van der Waals surface area contributed by atoms with Crippen LogP contribution in [0.5, 0.6) is 5.75 Å². The summed E-state index contributed by atoms with van der Waals surface area (Å²) in [7, 11) is -2.46. The second kappa shape index (κ2) is 14.8. The molecule has 12 nitrogen and oxygen atoms in total. The molecule has 53 heavy (non-hydrogen) atoms. The molecule has 0 radical (unpaired) electrons. The summed E-state index contributed by atoms with van der Waals surface area (Å²) in [6.07, 6.45) is 0.814. The van der Waals surface area contributed by atoms with Crippen LogP contribution in [-0.2, 0) is 43.3 Å². The maximum Gasteiger partial charge on any atom is 0.494 e. The van der Waals surface area contributed by atoms with Crippen LogP contribution in [0.4, 0.5) is 0 Å². The number of esters is 1. The van der Waals surface area contributed by atoms with Crippen LogP contribution >= 0.6 is 10.8 Å². The van der Waals surface area contributed by atoms with Crippen molar-refractivity contribution in [3.8, 4) is 5.75 Å². The number of hydrogen-bond donors (Lipinski definition) is 2. The molecule has 284 valence electrons. The first-order chi connectivity index (χ1) is 24.9. The molecule has 14 heteroatoms. The van der Waals surface area contributed by atoms with Gasteiger partial charge in [-0.25, -0.2) is 4.68 Å². The first kappa shape index (κ1) is 39.0. The molecule has 2 aliphatic heterocycles. The fraction of sp³-hybridized carbons (Fsp3) is 0.462. The van der Waals surface area contributed by atoms with E-state index in [0.717, 1.165) is 27.7 Å². The summed E-state index contributed by atoms with van der Waals surface area (Å²) in [5, 5.41) is 8.73. The molecule has 4 aromatic rings. The van der Waals surface area contributed by atoms with E-state index in [-0.39, 0.29) is 19.3 Å². The molecule has 1 saturated heterocycles. The van der Waals surface area contributed by atoms with Crippen molar-refractivity contribution in [3.63, 3.8) is 0 Å². The highest BCUT2D eigenvalue weighted by Gasteiger charge is 2.51. The highest BCUT2D eigenvalue weighted by atomic mass is 32.3. The fourth-order valence-corrected chi connectivity index (χ4v) is 8.34. The number of methoxy groups -OCH3 is 1. The predicted octanol–water partition coefficient (Wildman–Crippen LogP) is 6.70. The summed E-state index contributed by atoms with van der Waals surface area (Å²) in [5.74, 6) is 0.0349. The lowest BCUT2D eigenvalue weighted by molar-refractivity contribution is -0.162. The SMILES string of the molecule is COC(=O)C(C)(C)C(OCc1cn(Cc2cccc(B3OC(C)(C)C(C)(C)O3)c2)nn1)c1ccc(C)c(CN2CC(C)Oc3ccccc3S2(O)O)c1. The van der Waals surface area contributed by atoms with Gasteiger partial charge >= 0.3 is 13.1 Å². The molecule has 0 amide bonds. The summed E-state index contributed by atoms with van der Waals surface area (Å²) in [4.78, 5) is 13.5. The van der Waals surface area contributed by atoms with Gasteiger partial charge in [-0.3, -0.25) is 13.9 Å². The summed E-state index contributed by atoms with van der Waals surface area (Å²) >= 11 is 0. The van der Waals surface area contributed by atoms with Gasteiger partial charge in [0.15, 0.2) is 0 Å². The van der Waals surface area contributed by atoms with E-state index in [9.17, 15) is 13.9 Å². The fourth-order valence-electron chi connectivity index (χ4n) is 6.67. The summed E-state index contributed by atoms with van der Waals surface area (Å²) in [6.45, 7) is 16.7. The van der Waals surface area contributed by atoms with Gasteiger partial charge in [-0.05, 0) is 95.2 Å². The molecule has 2 aliphatic rings. The van der Waals surface area contributed by atoms with Gasteiger partial charge in [0.05, 0.1) is 55.7 Å². The largest absolute Gasteiger partial charge is 0.494 e. The standard InChI is InChI=1S/C39H51BN4O8S/c1-26-17-18-29(20-30(26)23-44-21-27(2)50-33-15-10-11-16-34(33)53(44,46)47)35(37(3,4)36(45)48-9)49-25-32-24-43(42-41-32)22-28-13-12-14-31(19-28)40-51-38(5,6)39(7,8)52-40/h10-20,24,27,35,46-47H,21-23,25H2,1-9H3. The van der Waals surface area contributed by atoms with Gasteiger partial charge in [0.2, 0.25) is 0 Å². The van der Waals surface area contributed by atoms with Crippen LogP contribution in [0.3, 0.4) is 0 Å². The van der Waals surface area contributed by atoms with Crippen molar-refractivity contribution < 1.29 is 37.4 Å². The number of ether oxygens (including phenoxy) is 3. The Kier molecular flexibility index (Phi) is 10.9. The van der Waals surface area contributed by atoms with E-state index in [2.05, 4.69) is 16.4 Å². The van der Waals surface area contributed by atoms with E-state index in [0.29, 0.717) is 29.4 Å². The third-order valence-electron chi connectivity index (χ3n) is 10.5. The van der Waals surface area contributed by atoms with Crippen LogP contribution in [-0.4, -0.2) is 72.5 Å². The van der Waals surface area contributed by atoms with Crippen molar-refractivity contribution in [2.24, 2.45) is 5.41 Å².